The molecule has 0 aliphatic carbocycles. The van der Waals surface area contributed by atoms with Crippen molar-refractivity contribution in [1.29, 1.82) is 0 Å². The van der Waals surface area contributed by atoms with Gasteiger partial charge in [0.15, 0.2) is 5.69 Å². The third-order valence-electron chi connectivity index (χ3n) is 3.10. The molecule has 1 fully saturated rings. The van der Waals surface area contributed by atoms with E-state index in [1.165, 1.54) is 0 Å². The number of piperidine rings is 1. The summed E-state index contributed by atoms with van der Waals surface area (Å²) in [5, 5.41) is 12.3. The third-order valence-corrected chi connectivity index (χ3v) is 3.10. The van der Waals surface area contributed by atoms with Gasteiger partial charge < -0.3 is 14.5 Å². The molecule has 0 bridgehead atoms. The van der Waals surface area contributed by atoms with Gasteiger partial charge in [-0.3, -0.25) is 0 Å². The Morgan fingerprint density at radius 2 is 2.56 bits per heavy atom. The lowest BCUT2D eigenvalue weighted by atomic mass is 9.95. The molecule has 16 heavy (non-hydrogen) atoms. The first-order valence-electron chi connectivity index (χ1n) is 5.63. The Hall–Kier alpha value is -1.36. The largest absolute Gasteiger partial charge is 0.476 e. The topological polar surface area (TPSA) is 66.6 Å². The minimum Gasteiger partial charge on any atom is -0.476 e. The van der Waals surface area contributed by atoms with Crippen molar-refractivity contribution in [2.75, 3.05) is 19.6 Å². The van der Waals surface area contributed by atoms with Gasteiger partial charge in [0, 0.05) is 18.5 Å². The Morgan fingerprint density at radius 1 is 1.75 bits per heavy atom. The van der Waals surface area contributed by atoms with Gasteiger partial charge in [-0.2, -0.15) is 0 Å². The molecule has 0 amide bonds. The van der Waals surface area contributed by atoms with Crippen LogP contribution >= 0.6 is 0 Å². The van der Waals surface area contributed by atoms with E-state index >= 15 is 0 Å². The lowest BCUT2D eigenvalue weighted by Crippen LogP contribution is -2.33. The van der Waals surface area contributed by atoms with Crippen LogP contribution in [-0.2, 0) is 0 Å². The molecule has 0 saturated carbocycles. The molecule has 1 saturated heterocycles. The van der Waals surface area contributed by atoms with Gasteiger partial charge in [-0.15, -0.1) is 0 Å². The number of carboxylic acids is 1. The van der Waals surface area contributed by atoms with Crippen molar-refractivity contribution in [1.82, 2.24) is 10.1 Å². The van der Waals surface area contributed by atoms with Gasteiger partial charge in [0.25, 0.3) is 0 Å². The molecule has 1 aliphatic heterocycles. The molecule has 0 radical (unpaired) electrons. The second kappa shape index (κ2) is 4.65. The van der Waals surface area contributed by atoms with Crippen molar-refractivity contribution in [3.05, 3.63) is 17.5 Å². The zero-order valence-corrected chi connectivity index (χ0v) is 9.35. The maximum absolute atomic E-state index is 10.7. The molecular weight excluding hydrogens is 208 g/mol. The molecule has 1 unspecified atom stereocenters. The summed E-state index contributed by atoms with van der Waals surface area (Å²) in [5.74, 6) is -0.0389. The fourth-order valence-corrected chi connectivity index (χ4v) is 2.16. The number of aromatic carboxylic acids is 1. The average Bonchev–Trinajstić information content (AvgIpc) is 2.78. The van der Waals surface area contributed by atoms with Crippen molar-refractivity contribution in [3.8, 4) is 0 Å². The van der Waals surface area contributed by atoms with Gasteiger partial charge in [0.2, 0.25) is 0 Å². The summed E-state index contributed by atoms with van der Waals surface area (Å²) in [6, 6.07) is 1.55. The molecule has 5 nitrogen and oxygen atoms in total. The molecular formula is C11H16N2O3. The third kappa shape index (κ3) is 2.24. The van der Waals surface area contributed by atoms with E-state index in [9.17, 15) is 4.79 Å². The van der Waals surface area contributed by atoms with Crippen molar-refractivity contribution < 1.29 is 14.4 Å². The van der Waals surface area contributed by atoms with E-state index < -0.39 is 5.97 Å². The summed E-state index contributed by atoms with van der Waals surface area (Å²) in [5.41, 5.74) is 0.00335. The quantitative estimate of drug-likeness (QED) is 0.844. The molecule has 0 spiro atoms. The molecule has 5 heteroatoms. The van der Waals surface area contributed by atoms with Gasteiger partial charge in [0.05, 0.1) is 0 Å². The summed E-state index contributed by atoms with van der Waals surface area (Å²) in [6.45, 7) is 5.21. The molecule has 2 heterocycles. The number of nitrogens with zero attached hydrogens (tertiary/aromatic N) is 2. The second-order valence-corrected chi connectivity index (χ2v) is 4.15. The van der Waals surface area contributed by atoms with Gasteiger partial charge in [0.1, 0.15) is 5.76 Å². The molecule has 1 atom stereocenters. The lowest BCUT2D eigenvalue weighted by Gasteiger charge is -2.30. The predicted octanol–water partition coefficient (Wildman–Crippen LogP) is 1.57. The Labute approximate surface area is 94.0 Å². The number of hydrogen-bond acceptors (Lipinski definition) is 4. The first-order valence-corrected chi connectivity index (χ1v) is 5.63. The number of likely N-dealkylation sites (tertiary alicyclic amines) is 1. The van der Waals surface area contributed by atoms with Gasteiger partial charge >= 0.3 is 5.97 Å². The Morgan fingerprint density at radius 3 is 3.19 bits per heavy atom. The first-order chi connectivity index (χ1) is 7.70. The molecule has 2 rings (SSSR count). The van der Waals surface area contributed by atoms with Crippen molar-refractivity contribution in [2.45, 2.75) is 25.7 Å². The van der Waals surface area contributed by atoms with Gasteiger partial charge in [-0.05, 0) is 25.9 Å². The van der Waals surface area contributed by atoms with E-state index in [1.807, 2.05) is 0 Å². The molecule has 1 aliphatic rings. The predicted molar refractivity (Wildman–Crippen MR) is 57.6 cm³/mol. The van der Waals surface area contributed by atoms with Crippen LogP contribution in [-0.4, -0.2) is 40.8 Å². The van der Waals surface area contributed by atoms with Crippen molar-refractivity contribution in [3.63, 3.8) is 0 Å². The van der Waals surface area contributed by atoms with Gasteiger partial charge in [-0.1, -0.05) is 12.1 Å². The van der Waals surface area contributed by atoms with E-state index in [0.717, 1.165) is 32.5 Å². The summed E-state index contributed by atoms with van der Waals surface area (Å²) < 4.78 is 5.10. The molecule has 1 N–H and O–H groups in total. The number of carboxylic acid groups (broad SMARTS) is 1. The molecule has 1 aromatic heterocycles. The smallest absolute Gasteiger partial charge is 0.358 e. The number of hydrogen-bond donors (Lipinski definition) is 1. The van der Waals surface area contributed by atoms with Gasteiger partial charge in [-0.25, -0.2) is 4.79 Å². The van der Waals surface area contributed by atoms with E-state index in [0.29, 0.717) is 5.76 Å². The second-order valence-electron chi connectivity index (χ2n) is 4.15. The standard InChI is InChI=1S/C11H16N2O3/c1-2-13-5-3-4-8(7-13)10-6-9(11(14)15)12-16-10/h6,8H,2-5,7H2,1H3,(H,14,15). The van der Waals surface area contributed by atoms with Crippen LogP contribution in [0.5, 0.6) is 0 Å². The van der Waals surface area contributed by atoms with E-state index in [4.69, 9.17) is 9.63 Å². The Balaban J connectivity index is 2.08. The SMILES string of the molecule is CCN1CCCC(c2cc(C(=O)O)no2)C1. The normalized spacial score (nSPS) is 22.2. The van der Waals surface area contributed by atoms with Crippen molar-refractivity contribution in [2.24, 2.45) is 0 Å². The summed E-state index contributed by atoms with van der Waals surface area (Å²) >= 11 is 0. The fraction of sp³-hybridized carbons (Fsp3) is 0.636. The summed E-state index contributed by atoms with van der Waals surface area (Å²) in [6.07, 6.45) is 2.17. The van der Waals surface area contributed by atoms with Crippen LogP contribution in [0, 0.1) is 0 Å². The summed E-state index contributed by atoms with van der Waals surface area (Å²) in [4.78, 5) is 13.0. The number of carbonyl (C=O) groups is 1. The highest BCUT2D eigenvalue weighted by molar-refractivity contribution is 5.85. The maximum atomic E-state index is 10.7. The fourth-order valence-electron chi connectivity index (χ4n) is 2.16. The lowest BCUT2D eigenvalue weighted by molar-refractivity contribution is 0.0685. The van der Waals surface area contributed by atoms with E-state index in [-0.39, 0.29) is 11.6 Å². The van der Waals surface area contributed by atoms with Crippen LogP contribution in [0.15, 0.2) is 10.6 Å². The minimum atomic E-state index is -1.03. The first kappa shape index (κ1) is 11.1. The number of likely N-dealkylation sites (N-methyl/N-ethyl adjacent to an activating group) is 1. The zero-order valence-electron chi connectivity index (χ0n) is 9.35. The Kier molecular flexibility index (Phi) is 3.24. The highest BCUT2D eigenvalue weighted by Crippen LogP contribution is 2.27. The highest BCUT2D eigenvalue weighted by Gasteiger charge is 2.24. The molecule has 0 aromatic carbocycles. The monoisotopic (exact) mass is 224 g/mol. The molecule has 1 aromatic rings. The maximum Gasteiger partial charge on any atom is 0.358 e. The number of rotatable bonds is 3. The van der Waals surface area contributed by atoms with Crippen LogP contribution in [0.2, 0.25) is 0 Å². The van der Waals surface area contributed by atoms with E-state index in [1.54, 1.807) is 6.07 Å². The summed E-state index contributed by atoms with van der Waals surface area (Å²) in [7, 11) is 0. The molecule has 88 valence electrons. The van der Waals surface area contributed by atoms with Crippen molar-refractivity contribution >= 4 is 5.97 Å². The van der Waals surface area contributed by atoms with Crippen LogP contribution in [0.3, 0.4) is 0 Å². The van der Waals surface area contributed by atoms with Crippen LogP contribution in [0.1, 0.15) is 41.9 Å². The minimum absolute atomic E-state index is 0.00335. The van der Waals surface area contributed by atoms with Crippen LogP contribution in [0.25, 0.3) is 0 Å². The van der Waals surface area contributed by atoms with Crippen LogP contribution in [0.4, 0.5) is 0 Å². The van der Waals surface area contributed by atoms with Crippen LogP contribution < -0.4 is 0 Å². The average molecular weight is 224 g/mol. The number of aromatic nitrogens is 1. The van der Waals surface area contributed by atoms with E-state index in [2.05, 4.69) is 17.0 Å². The Bertz CT molecular complexity index is 375. The zero-order chi connectivity index (χ0) is 11.5. The highest BCUT2D eigenvalue weighted by atomic mass is 16.5.